The van der Waals surface area contributed by atoms with Crippen molar-refractivity contribution in [2.75, 3.05) is 31.1 Å². The third-order valence-electron chi connectivity index (χ3n) is 3.72. The van der Waals surface area contributed by atoms with Crippen molar-refractivity contribution in [2.45, 2.75) is 25.3 Å². The van der Waals surface area contributed by atoms with Gasteiger partial charge in [0.15, 0.2) is 11.0 Å². The Labute approximate surface area is 116 Å². The first-order valence-electron chi connectivity index (χ1n) is 6.29. The molecule has 1 atom stereocenters. The predicted octanol–water partition coefficient (Wildman–Crippen LogP) is 1.85. The molecule has 2 saturated heterocycles. The van der Waals surface area contributed by atoms with Gasteiger partial charge in [-0.05, 0) is 44.0 Å². The normalized spacial score (nSPS) is 25.0. The van der Waals surface area contributed by atoms with E-state index in [4.69, 9.17) is 23.2 Å². The first kappa shape index (κ1) is 12.4. The van der Waals surface area contributed by atoms with Gasteiger partial charge in [-0.3, -0.25) is 4.90 Å². The molecular weight excluding hydrogens is 273 g/mol. The van der Waals surface area contributed by atoms with Gasteiger partial charge in [-0.1, -0.05) is 11.6 Å². The van der Waals surface area contributed by atoms with Gasteiger partial charge >= 0.3 is 0 Å². The average Bonchev–Trinajstić information content (AvgIpc) is 3.00. The summed E-state index contributed by atoms with van der Waals surface area (Å²) < 4.78 is 0. The van der Waals surface area contributed by atoms with E-state index in [-0.39, 0.29) is 5.28 Å². The summed E-state index contributed by atoms with van der Waals surface area (Å²) in [5.41, 5.74) is 0. The second-order valence-corrected chi connectivity index (χ2v) is 5.52. The molecule has 2 aliphatic rings. The summed E-state index contributed by atoms with van der Waals surface area (Å²) in [6.07, 6.45) is 3.79. The van der Waals surface area contributed by atoms with Gasteiger partial charge in [-0.25, -0.2) is 0 Å². The van der Waals surface area contributed by atoms with Crippen LogP contribution in [0.5, 0.6) is 0 Å². The first-order valence-corrected chi connectivity index (χ1v) is 7.04. The molecule has 98 valence electrons. The van der Waals surface area contributed by atoms with E-state index in [2.05, 4.69) is 25.0 Å². The van der Waals surface area contributed by atoms with Gasteiger partial charge in [0.1, 0.15) is 0 Å². The summed E-state index contributed by atoms with van der Waals surface area (Å²) in [5, 5.41) is 7.94. The van der Waals surface area contributed by atoms with Crippen LogP contribution >= 0.6 is 23.2 Å². The molecule has 18 heavy (non-hydrogen) atoms. The van der Waals surface area contributed by atoms with Gasteiger partial charge in [0.25, 0.3) is 0 Å². The largest absolute Gasteiger partial charge is 0.352 e. The molecule has 0 aromatic carbocycles. The highest BCUT2D eigenvalue weighted by molar-refractivity contribution is 6.32. The fourth-order valence-electron chi connectivity index (χ4n) is 2.83. The minimum absolute atomic E-state index is 0.152. The fraction of sp³-hybridized carbons (Fsp3) is 0.727. The number of likely N-dealkylation sites (tertiary alicyclic amines) is 1. The van der Waals surface area contributed by atoms with E-state index in [1.54, 1.807) is 0 Å². The molecule has 0 aliphatic carbocycles. The Morgan fingerprint density at radius 3 is 2.61 bits per heavy atom. The van der Waals surface area contributed by atoms with Crippen molar-refractivity contribution >= 4 is 29.0 Å². The standard InChI is InChI=1S/C11H15Cl2N5/c12-9-10(14-11(13)16-15-9)18-6-3-8(7-18)17-4-1-2-5-17/h8H,1-7H2. The Balaban J connectivity index is 1.72. The Hall–Kier alpha value is -0.650. The minimum Gasteiger partial charge on any atom is -0.352 e. The van der Waals surface area contributed by atoms with Crippen LogP contribution in [0.1, 0.15) is 19.3 Å². The van der Waals surface area contributed by atoms with Crippen molar-refractivity contribution < 1.29 is 0 Å². The van der Waals surface area contributed by atoms with Crippen LogP contribution in [0.3, 0.4) is 0 Å². The summed E-state index contributed by atoms with van der Waals surface area (Å²) in [6.45, 7) is 4.34. The lowest BCUT2D eigenvalue weighted by molar-refractivity contribution is 0.260. The highest BCUT2D eigenvalue weighted by Crippen LogP contribution is 2.28. The number of halogens is 2. The molecule has 2 aliphatic heterocycles. The minimum atomic E-state index is 0.152. The average molecular weight is 288 g/mol. The third-order valence-corrected chi connectivity index (χ3v) is 4.13. The Bertz CT molecular complexity index is 435. The number of rotatable bonds is 2. The van der Waals surface area contributed by atoms with E-state index in [0.29, 0.717) is 17.0 Å². The van der Waals surface area contributed by atoms with Crippen molar-refractivity contribution in [3.63, 3.8) is 0 Å². The fourth-order valence-corrected chi connectivity index (χ4v) is 3.14. The maximum absolute atomic E-state index is 6.03. The first-order chi connectivity index (χ1) is 8.74. The molecule has 5 nitrogen and oxygen atoms in total. The SMILES string of the molecule is Clc1nnc(Cl)c(N2CCC(N3CCCC3)C2)n1. The van der Waals surface area contributed by atoms with Crippen molar-refractivity contribution in [3.05, 3.63) is 10.4 Å². The van der Waals surface area contributed by atoms with Crippen molar-refractivity contribution in [1.29, 1.82) is 0 Å². The highest BCUT2D eigenvalue weighted by atomic mass is 35.5. The maximum atomic E-state index is 6.03. The Morgan fingerprint density at radius 1 is 1.06 bits per heavy atom. The van der Waals surface area contributed by atoms with E-state index in [1.807, 2.05) is 0 Å². The molecule has 0 radical (unpaired) electrons. The van der Waals surface area contributed by atoms with Crippen LogP contribution < -0.4 is 4.90 Å². The van der Waals surface area contributed by atoms with Gasteiger partial charge in [0.2, 0.25) is 5.28 Å². The smallest absolute Gasteiger partial charge is 0.245 e. The molecule has 3 rings (SSSR count). The number of hydrogen-bond acceptors (Lipinski definition) is 5. The highest BCUT2D eigenvalue weighted by Gasteiger charge is 2.31. The van der Waals surface area contributed by atoms with Gasteiger partial charge < -0.3 is 4.90 Å². The monoisotopic (exact) mass is 287 g/mol. The molecule has 0 N–H and O–H groups in total. The second kappa shape index (κ2) is 5.15. The molecular formula is C11H15Cl2N5. The Kier molecular flexibility index (Phi) is 3.54. The number of aromatic nitrogens is 3. The summed E-state index contributed by atoms with van der Waals surface area (Å²) in [6, 6.07) is 0.609. The van der Waals surface area contributed by atoms with Crippen LogP contribution in [0, 0.1) is 0 Å². The lowest BCUT2D eigenvalue weighted by atomic mass is 10.2. The van der Waals surface area contributed by atoms with Crippen LogP contribution in [0.25, 0.3) is 0 Å². The van der Waals surface area contributed by atoms with Crippen LogP contribution in [-0.4, -0.2) is 52.3 Å². The van der Waals surface area contributed by atoms with Crippen LogP contribution in [-0.2, 0) is 0 Å². The molecule has 0 bridgehead atoms. The zero-order valence-corrected chi connectivity index (χ0v) is 11.5. The topological polar surface area (TPSA) is 45.2 Å². The maximum Gasteiger partial charge on any atom is 0.245 e. The zero-order valence-electron chi connectivity index (χ0n) is 10.0. The molecule has 1 unspecified atom stereocenters. The van der Waals surface area contributed by atoms with E-state index in [9.17, 15) is 0 Å². The molecule has 3 heterocycles. The van der Waals surface area contributed by atoms with Crippen LogP contribution in [0.2, 0.25) is 10.4 Å². The molecule has 0 spiro atoms. The third kappa shape index (κ3) is 2.39. The van der Waals surface area contributed by atoms with E-state index >= 15 is 0 Å². The summed E-state index contributed by atoms with van der Waals surface area (Å²) in [7, 11) is 0. The van der Waals surface area contributed by atoms with E-state index in [1.165, 1.54) is 25.9 Å². The van der Waals surface area contributed by atoms with Crippen molar-refractivity contribution in [2.24, 2.45) is 0 Å². The molecule has 1 aromatic rings. The summed E-state index contributed by atoms with van der Waals surface area (Å²) in [4.78, 5) is 8.90. The molecule has 2 fully saturated rings. The number of hydrogen-bond donors (Lipinski definition) is 0. The summed E-state index contributed by atoms with van der Waals surface area (Å²) in [5.74, 6) is 0.665. The predicted molar refractivity (Wildman–Crippen MR) is 71.3 cm³/mol. The zero-order chi connectivity index (χ0) is 12.5. The van der Waals surface area contributed by atoms with Crippen LogP contribution in [0.4, 0.5) is 5.82 Å². The van der Waals surface area contributed by atoms with Crippen molar-refractivity contribution in [3.8, 4) is 0 Å². The van der Waals surface area contributed by atoms with Gasteiger partial charge in [0, 0.05) is 19.1 Å². The van der Waals surface area contributed by atoms with Gasteiger partial charge in [-0.2, -0.15) is 4.98 Å². The molecule has 1 aromatic heterocycles. The lowest BCUT2D eigenvalue weighted by Gasteiger charge is -2.24. The molecule has 0 amide bonds. The van der Waals surface area contributed by atoms with E-state index < -0.39 is 0 Å². The molecule has 7 heteroatoms. The quantitative estimate of drug-likeness (QED) is 0.831. The van der Waals surface area contributed by atoms with Crippen LogP contribution in [0.15, 0.2) is 0 Å². The number of anilines is 1. The molecule has 0 saturated carbocycles. The van der Waals surface area contributed by atoms with Gasteiger partial charge in [-0.15, -0.1) is 10.2 Å². The second-order valence-electron chi connectivity index (χ2n) is 4.83. The van der Waals surface area contributed by atoms with E-state index in [0.717, 1.165) is 19.5 Å². The summed E-state index contributed by atoms with van der Waals surface area (Å²) >= 11 is 11.8. The van der Waals surface area contributed by atoms with Crippen molar-refractivity contribution in [1.82, 2.24) is 20.1 Å². The Morgan fingerprint density at radius 2 is 1.83 bits per heavy atom. The van der Waals surface area contributed by atoms with Gasteiger partial charge in [0.05, 0.1) is 0 Å². The number of nitrogens with zero attached hydrogens (tertiary/aromatic N) is 5. The lowest BCUT2D eigenvalue weighted by Crippen LogP contribution is -2.35.